The molecule has 1 aliphatic heterocycles. The van der Waals surface area contributed by atoms with Gasteiger partial charge in [-0.05, 0) is 18.6 Å². The Kier molecular flexibility index (Phi) is 6.74. The summed E-state index contributed by atoms with van der Waals surface area (Å²) < 4.78 is 25.7. The molecule has 0 spiro atoms. The highest BCUT2D eigenvalue weighted by Crippen LogP contribution is 2.22. The Hall–Kier alpha value is -3.11. The van der Waals surface area contributed by atoms with Crippen molar-refractivity contribution in [3.63, 3.8) is 0 Å². The standard InChI is InChI=1S/C10H12N2O3S.C7H5NO3/c13-7-3-6-11-10-8-4-1-2-5-9(8)16(14,15)12-10;9-5-6-2-1-3-7(4-6)8(10)11/h1-2,4-5,13H,3,6-7H2,(H,11,12);1-5H. The van der Waals surface area contributed by atoms with E-state index in [0.29, 0.717) is 36.2 Å². The second-order valence-corrected chi connectivity index (χ2v) is 7.03. The van der Waals surface area contributed by atoms with E-state index in [1.165, 1.54) is 24.3 Å². The third kappa shape index (κ3) is 5.19. The van der Waals surface area contributed by atoms with Crippen LogP contribution in [0.2, 0.25) is 0 Å². The second kappa shape index (κ2) is 9.01. The summed E-state index contributed by atoms with van der Waals surface area (Å²) in [5.74, 6) is 0.365. The summed E-state index contributed by atoms with van der Waals surface area (Å²) >= 11 is 0. The predicted octanol–water partition coefficient (Wildman–Crippen LogP) is 1.51. The lowest BCUT2D eigenvalue weighted by atomic mass is 10.2. The smallest absolute Gasteiger partial charge is 0.270 e. The maximum Gasteiger partial charge on any atom is 0.270 e. The van der Waals surface area contributed by atoms with Gasteiger partial charge in [-0.2, -0.15) is 0 Å². The molecule has 9 nitrogen and oxygen atoms in total. The van der Waals surface area contributed by atoms with Crippen LogP contribution in [-0.2, 0) is 10.0 Å². The number of non-ortho nitro benzene ring substituents is 1. The average molecular weight is 391 g/mol. The van der Waals surface area contributed by atoms with Crippen LogP contribution in [0.15, 0.2) is 58.4 Å². The molecule has 2 aromatic carbocycles. The maximum absolute atomic E-state index is 11.7. The number of carbonyl (C=O) groups excluding carboxylic acids is 1. The fourth-order valence-corrected chi connectivity index (χ4v) is 3.48. The van der Waals surface area contributed by atoms with Crippen molar-refractivity contribution in [2.75, 3.05) is 13.2 Å². The number of aliphatic hydroxyl groups is 1. The van der Waals surface area contributed by atoms with Crippen molar-refractivity contribution < 1.29 is 23.2 Å². The van der Waals surface area contributed by atoms with Crippen molar-refractivity contribution >= 4 is 27.8 Å². The molecule has 0 bridgehead atoms. The van der Waals surface area contributed by atoms with Crippen molar-refractivity contribution in [3.8, 4) is 0 Å². The zero-order chi connectivity index (χ0) is 19.9. The average Bonchev–Trinajstić information content (AvgIpc) is 2.93. The first-order valence-electron chi connectivity index (χ1n) is 7.86. The number of rotatable bonds is 5. The molecule has 0 saturated carbocycles. The van der Waals surface area contributed by atoms with Gasteiger partial charge in [0.15, 0.2) is 0 Å². The van der Waals surface area contributed by atoms with Crippen LogP contribution in [0.4, 0.5) is 5.69 Å². The number of nitro groups is 1. The Morgan fingerprint density at radius 2 is 1.93 bits per heavy atom. The van der Waals surface area contributed by atoms with Crippen molar-refractivity contribution in [2.24, 2.45) is 4.99 Å². The molecular formula is C17H17N3O6S. The minimum Gasteiger partial charge on any atom is -0.396 e. The number of hydrogen-bond donors (Lipinski definition) is 2. The van der Waals surface area contributed by atoms with Gasteiger partial charge in [0.1, 0.15) is 12.1 Å². The third-order valence-electron chi connectivity index (χ3n) is 3.47. The number of aliphatic hydroxyl groups excluding tert-OH is 1. The summed E-state index contributed by atoms with van der Waals surface area (Å²) in [6, 6.07) is 12.3. The molecule has 0 aliphatic carbocycles. The van der Waals surface area contributed by atoms with Crippen LogP contribution in [0.5, 0.6) is 0 Å². The van der Waals surface area contributed by atoms with E-state index in [-0.39, 0.29) is 17.2 Å². The lowest BCUT2D eigenvalue weighted by molar-refractivity contribution is -0.384. The molecule has 27 heavy (non-hydrogen) atoms. The van der Waals surface area contributed by atoms with Gasteiger partial charge in [0.05, 0.1) is 9.82 Å². The van der Waals surface area contributed by atoms with Crippen LogP contribution in [0.25, 0.3) is 0 Å². The summed E-state index contributed by atoms with van der Waals surface area (Å²) in [6.45, 7) is 0.452. The fourth-order valence-electron chi connectivity index (χ4n) is 2.22. The number of amidine groups is 1. The molecule has 2 aromatic rings. The lowest BCUT2D eigenvalue weighted by Gasteiger charge is -1.97. The molecule has 3 rings (SSSR count). The lowest BCUT2D eigenvalue weighted by Crippen LogP contribution is -2.22. The normalized spacial score (nSPS) is 15.2. The fraction of sp³-hybridized carbons (Fsp3) is 0.176. The molecule has 10 heteroatoms. The van der Waals surface area contributed by atoms with E-state index in [1.807, 2.05) is 0 Å². The topological polar surface area (TPSA) is 139 Å². The minimum absolute atomic E-state index is 0.0468. The summed E-state index contributed by atoms with van der Waals surface area (Å²) in [4.78, 5) is 24.2. The number of aliphatic imine (C=N–C) groups is 1. The summed E-state index contributed by atoms with van der Waals surface area (Å²) in [5, 5.41) is 18.8. The van der Waals surface area contributed by atoms with Crippen molar-refractivity contribution in [1.29, 1.82) is 0 Å². The molecule has 1 aliphatic rings. The minimum atomic E-state index is -3.44. The molecule has 0 amide bonds. The Morgan fingerprint density at radius 1 is 1.19 bits per heavy atom. The number of sulfonamides is 1. The number of carbonyl (C=O) groups is 1. The number of fused-ring (bicyclic) bond motifs is 1. The molecule has 142 valence electrons. The van der Waals surface area contributed by atoms with Gasteiger partial charge in [0, 0.05) is 36.4 Å². The largest absolute Gasteiger partial charge is 0.396 e. The van der Waals surface area contributed by atoms with E-state index in [4.69, 9.17) is 5.11 Å². The first kappa shape index (κ1) is 20.2. The van der Waals surface area contributed by atoms with E-state index < -0.39 is 14.9 Å². The van der Waals surface area contributed by atoms with E-state index >= 15 is 0 Å². The molecule has 0 atom stereocenters. The number of nitrogens with zero attached hydrogens (tertiary/aromatic N) is 2. The highest BCUT2D eigenvalue weighted by molar-refractivity contribution is 7.90. The predicted molar refractivity (Wildman–Crippen MR) is 98.4 cm³/mol. The monoisotopic (exact) mass is 391 g/mol. The van der Waals surface area contributed by atoms with E-state index in [9.17, 15) is 23.3 Å². The highest BCUT2D eigenvalue weighted by Gasteiger charge is 2.29. The van der Waals surface area contributed by atoms with Crippen LogP contribution in [0, 0.1) is 10.1 Å². The van der Waals surface area contributed by atoms with Crippen LogP contribution in [0.1, 0.15) is 22.3 Å². The van der Waals surface area contributed by atoms with Gasteiger partial charge in [0.25, 0.3) is 15.7 Å². The zero-order valence-electron chi connectivity index (χ0n) is 14.1. The van der Waals surface area contributed by atoms with Crippen molar-refractivity contribution in [3.05, 3.63) is 69.8 Å². The van der Waals surface area contributed by atoms with Gasteiger partial charge in [-0.1, -0.05) is 24.3 Å². The number of nitrogens with one attached hydrogen (secondary N) is 1. The summed E-state index contributed by atoms with van der Waals surface area (Å²) in [5.41, 5.74) is 0.856. The van der Waals surface area contributed by atoms with Gasteiger partial charge in [-0.3, -0.25) is 24.6 Å². The zero-order valence-corrected chi connectivity index (χ0v) is 14.9. The SMILES string of the molecule is O=Cc1cccc([N+](=O)[O-])c1.O=S1(=O)NC(=NCCCO)c2ccccc21. The molecule has 0 saturated heterocycles. The van der Waals surface area contributed by atoms with Crippen molar-refractivity contribution in [1.82, 2.24) is 4.72 Å². The quantitative estimate of drug-likeness (QED) is 0.343. The number of hydrogen-bond acceptors (Lipinski definition) is 7. The Labute approximate surface area is 155 Å². The molecule has 2 N–H and O–H groups in total. The van der Waals surface area contributed by atoms with Gasteiger partial charge < -0.3 is 5.11 Å². The highest BCUT2D eigenvalue weighted by atomic mass is 32.2. The third-order valence-corrected chi connectivity index (χ3v) is 4.86. The van der Waals surface area contributed by atoms with Crippen LogP contribution >= 0.6 is 0 Å². The second-order valence-electron chi connectivity index (χ2n) is 5.38. The molecule has 0 radical (unpaired) electrons. The van der Waals surface area contributed by atoms with Crippen molar-refractivity contribution in [2.45, 2.75) is 11.3 Å². The van der Waals surface area contributed by atoms with Crippen LogP contribution in [-0.4, -0.2) is 43.7 Å². The molecule has 0 unspecified atom stereocenters. The van der Waals surface area contributed by atoms with E-state index in [0.717, 1.165) is 0 Å². The first-order chi connectivity index (χ1) is 12.9. The molecular weight excluding hydrogens is 374 g/mol. The molecule has 0 aromatic heterocycles. The Bertz CT molecular complexity index is 972. The number of aldehydes is 1. The molecule has 1 heterocycles. The maximum atomic E-state index is 11.7. The summed E-state index contributed by atoms with van der Waals surface area (Å²) in [7, 11) is -3.44. The first-order valence-corrected chi connectivity index (χ1v) is 9.34. The van der Waals surface area contributed by atoms with E-state index in [1.54, 1.807) is 24.3 Å². The summed E-state index contributed by atoms with van der Waals surface area (Å²) in [6.07, 6.45) is 1.10. The molecule has 0 fully saturated rings. The Morgan fingerprint density at radius 3 is 2.59 bits per heavy atom. The Balaban J connectivity index is 0.000000208. The number of benzene rings is 2. The van der Waals surface area contributed by atoms with Gasteiger partial charge in [0.2, 0.25) is 0 Å². The van der Waals surface area contributed by atoms with E-state index in [2.05, 4.69) is 9.71 Å². The van der Waals surface area contributed by atoms with Gasteiger partial charge in [-0.25, -0.2) is 8.42 Å². The number of nitro benzene ring substituents is 1. The van der Waals surface area contributed by atoms with Gasteiger partial charge in [-0.15, -0.1) is 0 Å². The van der Waals surface area contributed by atoms with Gasteiger partial charge >= 0.3 is 0 Å². The van der Waals surface area contributed by atoms with Crippen LogP contribution in [0.3, 0.4) is 0 Å². The van der Waals surface area contributed by atoms with Crippen LogP contribution < -0.4 is 4.72 Å².